The van der Waals surface area contributed by atoms with Crippen molar-refractivity contribution >= 4 is 33.3 Å². The quantitative estimate of drug-likeness (QED) is 0.288. The summed E-state index contributed by atoms with van der Waals surface area (Å²) in [6.45, 7) is 8.56. The van der Waals surface area contributed by atoms with Gasteiger partial charge >= 0.3 is 0 Å². The Labute approximate surface area is 217 Å². The largest absolute Gasteiger partial charge is 0.493 e. The number of benzene rings is 2. The van der Waals surface area contributed by atoms with Gasteiger partial charge in [0, 0.05) is 4.88 Å². The average molecular weight is 523 g/mol. The standard InChI is InChI=1S/C28H27FN2O5S/c1-14(2)10-11-35-21-8-6-17(12-22(21)34-5)24-23-25(32)19-13-18(29)7-9-20(19)36-26(23)27(33)31(24)28-30-15(3)16(4)37-28/h6-9,12-14,24H,10-11H2,1-5H3. The van der Waals surface area contributed by atoms with Crippen molar-refractivity contribution in [1.82, 2.24) is 4.98 Å². The molecule has 3 heterocycles. The van der Waals surface area contributed by atoms with Gasteiger partial charge in [-0.05, 0) is 62.1 Å². The molecule has 1 unspecified atom stereocenters. The number of carbonyl (C=O) groups is 1. The van der Waals surface area contributed by atoms with Crippen molar-refractivity contribution in [2.45, 2.75) is 40.2 Å². The van der Waals surface area contributed by atoms with Gasteiger partial charge in [0.2, 0.25) is 5.76 Å². The highest BCUT2D eigenvalue weighted by molar-refractivity contribution is 7.15. The van der Waals surface area contributed by atoms with E-state index in [2.05, 4.69) is 18.8 Å². The summed E-state index contributed by atoms with van der Waals surface area (Å²) in [5.41, 5.74) is 1.24. The SMILES string of the molecule is COc1cc(C2c3c(oc4ccc(F)cc4c3=O)C(=O)N2c2nc(C)c(C)s2)ccc1OCCC(C)C. The molecule has 192 valence electrons. The lowest BCUT2D eigenvalue weighted by atomic mass is 9.98. The van der Waals surface area contributed by atoms with E-state index in [0.717, 1.165) is 23.1 Å². The number of amides is 1. The van der Waals surface area contributed by atoms with Crippen LogP contribution in [-0.2, 0) is 0 Å². The summed E-state index contributed by atoms with van der Waals surface area (Å²) >= 11 is 1.36. The summed E-state index contributed by atoms with van der Waals surface area (Å²) in [5.74, 6) is 0.419. The summed E-state index contributed by atoms with van der Waals surface area (Å²) in [5, 5.41) is 0.521. The molecule has 4 aromatic rings. The number of hydrogen-bond donors (Lipinski definition) is 0. The second-order valence-electron chi connectivity index (χ2n) is 9.47. The number of fused-ring (bicyclic) bond motifs is 2. The number of ether oxygens (including phenoxy) is 2. The Balaban J connectivity index is 1.69. The monoisotopic (exact) mass is 522 g/mol. The number of carbonyl (C=O) groups excluding carboxylic acids is 1. The molecule has 0 fully saturated rings. The normalized spacial score (nSPS) is 15.1. The zero-order valence-corrected chi connectivity index (χ0v) is 22.1. The first-order valence-electron chi connectivity index (χ1n) is 12.0. The van der Waals surface area contributed by atoms with Crippen LogP contribution in [0, 0.1) is 25.6 Å². The van der Waals surface area contributed by atoms with E-state index in [9.17, 15) is 14.0 Å². The summed E-state index contributed by atoms with van der Waals surface area (Å²) in [7, 11) is 1.54. The third kappa shape index (κ3) is 4.37. The number of aryl methyl sites for hydroxylation is 2. The van der Waals surface area contributed by atoms with Crippen LogP contribution in [0.4, 0.5) is 9.52 Å². The minimum atomic E-state index is -0.838. The molecule has 1 amide bonds. The Morgan fingerprint density at radius 1 is 1.14 bits per heavy atom. The predicted octanol–water partition coefficient (Wildman–Crippen LogP) is 6.19. The fourth-order valence-electron chi connectivity index (χ4n) is 4.39. The minimum absolute atomic E-state index is 0.0733. The van der Waals surface area contributed by atoms with Gasteiger partial charge in [-0.3, -0.25) is 14.5 Å². The number of methoxy groups -OCH3 is 1. The molecule has 2 aromatic carbocycles. The van der Waals surface area contributed by atoms with Crippen LogP contribution in [0.25, 0.3) is 11.0 Å². The van der Waals surface area contributed by atoms with E-state index in [1.165, 1.54) is 35.5 Å². The minimum Gasteiger partial charge on any atom is -0.493 e. The van der Waals surface area contributed by atoms with Gasteiger partial charge in [-0.25, -0.2) is 9.37 Å². The van der Waals surface area contributed by atoms with E-state index in [1.807, 2.05) is 13.8 Å². The smallest absolute Gasteiger partial charge is 0.297 e. The Kier molecular flexibility index (Phi) is 6.49. The molecule has 0 saturated carbocycles. The molecule has 0 N–H and O–H groups in total. The average Bonchev–Trinajstić information content (AvgIpc) is 3.35. The second kappa shape index (κ2) is 9.63. The van der Waals surface area contributed by atoms with Gasteiger partial charge in [0.1, 0.15) is 11.4 Å². The van der Waals surface area contributed by atoms with Gasteiger partial charge in [-0.2, -0.15) is 0 Å². The number of aromatic nitrogens is 1. The summed E-state index contributed by atoms with van der Waals surface area (Å²) in [6.07, 6.45) is 0.886. The number of thiazole rings is 1. The summed E-state index contributed by atoms with van der Waals surface area (Å²) in [4.78, 5) is 34.4. The van der Waals surface area contributed by atoms with Crippen LogP contribution < -0.4 is 19.8 Å². The first kappa shape index (κ1) is 25.0. The van der Waals surface area contributed by atoms with Gasteiger partial charge < -0.3 is 13.9 Å². The molecule has 9 heteroatoms. The van der Waals surface area contributed by atoms with Crippen molar-refractivity contribution in [2.24, 2.45) is 5.92 Å². The van der Waals surface area contributed by atoms with Crippen molar-refractivity contribution in [3.05, 3.63) is 79.9 Å². The first-order chi connectivity index (χ1) is 17.7. The molecule has 0 aliphatic carbocycles. The fraction of sp³-hybridized carbons (Fsp3) is 0.321. The van der Waals surface area contributed by atoms with E-state index < -0.39 is 23.2 Å². The second-order valence-corrected chi connectivity index (χ2v) is 10.7. The lowest BCUT2D eigenvalue weighted by Gasteiger charge is -2.23. The van der Waals surface area contributed by atoms with Crippen molar-refractivity contribution < 1.29 is 23.1 Å². The molecule has 7 nitrogen and oxygen atoms in total. The van der Waals surface area contributed by atoms with E-state index in [1.54, 1.807) is 18.2 Å². The van der Waals surface area contributed by atoms with Gasteiger partial charge in [-0.15, -0.1) is 11.3 Å². The maximum Gasteiger partial charge on any atom is 0.297 e. The molecule has 0 spiro atoms. The summed E-state index contributed by atoms with van der Waals surface area (Å²) in [6, 6.07) is 8.19. The highest BCUT2D eigenvalue weighted by Gasteiger charge is 2.45. The molecule has 5 rings (SSSR count). The Bertz CT molecular complexity index is 1560. The molecule has 2 aromatic heterocycles. The van der Waals surface area contributed by atoms with Gasteiger partial charge in [-0.1, -0.05) is 19.9 Å². The van der Waals surface area contributed by atoms with E-state index in [4.69, 9.17) is 13.9 Å². The van der Waals surface area contributed by atoms with Crippen LogP contribution >= 0.6 is 11.3 Å². The molecule has 0 radical (unpaired) electrons. The van der Waals surface area contributed by atoms with Crippen LogP contribution in [0.2, 0.25) is 0 Å². The lowest BCUT2D eigenvalue weighted by molar-refractivity contribution is 0.0971. The Morgan fingerprint density at radius 3 is 2.59 bits per heavy atom. The predicted molar refractivity (Wildman–Crippen MR) is 141 cm³/mol. The van der Waals surface area contributed by atoms with Crippen LogP contribution in [0.1, 0.15) is 58.6 Å². The molecule has 1 aliphatic heterocycles. The zero-order chi connectivity index (χ0) is 26.4. The van der Waals surface area contributed by atoms with E-state index in [0.29, 0.717) is 34.7 Å². The van der Waals surface area contributed by atoms with Crippen LogP contribution in [-0.4, -0.2) is 24.6 Å². The lowest BCUT2D eigenvalue weighted by Crippen LogP contribution is -2.29. The molecular formula is C28H27FN2O5S. The number of nitrogens with zero attached hydrogens (tertiary/aromatic N) is 2. The first-order valence-corrected chi connectivity index (χ1v) is 12.9. The van der Waals surface area contributed by atoms with Crippen molar-refractivity contribution in [2.75, 3.05) is 18.6 Å². The van der Waals surface area contributed by atoms with Gasteiger partial charge in [0.15, 0.2) is 22.1 Å². The Hall–Kier alpha value is -3.72. The fourth-order valence-corrected chi connectivity index (χ4v) is 5.33. The van der Waals surface area contributed by atoms with Crippen molar-refractivity contribution in [3.8, 4) is 11.5 Å². The van der Waals surface area contributed by atoms with Gasteiger partial charge in [0.25, 0.3) is 5.91 Å². The van der Waals surface area contributed by atoms with Crippen LogP contribution in [0.3, 0.4) is 0 Å². The molecule has 1 aliphatic rings. The highest BCUT2D eigenvalue weighted by Crippen LogP contribution is 2.44. The Morgan fingerprint density at radius 2 is 1.92 bits per heavy atom. The molecule has 0 saturated heterocycles. The van der Waals surface area contributed by atoms with E-state index >= 15 is 0 Å². The number of hydrogen-bond acceptors (Lipinski definition) is 7. The third-order valence-electron chi connectivity index (χ3n) is 6.51. The molecule has 0 bridgehead atoms. The van der Waals surface area contributed by atoms with Crippen LogP contribution in [0.5, 0.6) is 11.5 Å². The maximum absolute atomic E-state index is 14.1. The number of rotatable bonds is 7. The molecular weight excluding hydrogens is 495 g/mol. The van der Waals surface area contributed by atoms with Crippen molar-refractivity contribution in [3.63, 3.8) is 0 Å². The van der Waals surface area contributed by atoms with E-state index in [-0.39, 0.29) is 22.3 Å². The van der Waals surface area contributed by atoms with Crippen molar-refractivity contribution in [1.29, 1.82) is 0 Å². The number of halogens is 1. The zero-order valence-electron chi connectivity index (χ0n) is 21.3. The molecule has 37 heavy (non-hydrogen) atoms. The topological polar surface area (TPSA) is 81.9 Å². The molecule has 1 atom stereocenters. The highest BCUT2D eigenvalue weighted by atomic mass is 32.1. The van der Waals surface area contributed by atoms with Crippen LogP contribution in [0.15, 0.2) is 45.6 Å². The summed E-state index contributed by atoms with van der Waals surface area (Å²) < 4.78 is 31.5. The third-order valence-corrected chi connectivity index (χ3v) is 7.58. The number of anilines is 1. The maximum atomic E-state index is 14.1. The van der Waals surface area contributed by atoms with Gasteiger partial charge in [0.05, 0.1) is 36.4 Å².